The van der Waals surface area contributed by atoms with Gasteiger partial charge in [-0.25, -0.2) is 0 Å². The first-order chi connectivity index (χ1) is 12.2. The Hall–Kier alpha value is -2.25. The molecule has 1 aliphatic heterocycles. The van der Waals surface area contributed by atoms with Gasteiger partial charge in [-0.05, 0) is 43.7 Å². The van der Waals surface area contributed by atoms with Crippen LogP contribution in [0.4, 0.5) is 13.2 Å². The third-order valence-corrected chi connectivity index (χ3v) is 5.07. The molecule has 0 radical (unpaired) electrons. The number of nitrogens with zero attached hydrogens (tertiary/aromatic N) is 1. The van der Waals surface area contributed by atoms with Crippen LogP contribution in [-0.4, -0.2) is 41.1 Å². The molecule has 1 aromatic carbocycles. The third-order valence-electron chi connectivity index (χ3n) is 5.07. The summed E-state index contributed by atoms with van der Waals surface area (Å²) in [6, 6.07) is 4.72. The highest BCUT2D eigenvalue weighted by Gasteiger charge is 2.47. The average Bonchev–Trinajstić information content (AvgIpc) is 3.31. The molecule has 0 aromatic heterocycles. The topological polar surface area (TPSA) is 66.8 Å². The lowest BCUT2D eigenvalue weighted by Crippen LogP contribution is -2.40. The molecular weight excluding hydrogens is 351 g/mol. The number of hydrogen-bond acceptors (Lipinski definition) is 3. The van der Waals surface area contributed by atoms with Gasteiger partial charge in [-0.3, -0.25) is 9.59 Å². The van der Waals surface area contributed by atoms with Gasteiger partial charge in [-0.15, -0.1) is 0 Å². The smallest absolute Gasteiger partial charge is 0.419 e. The number of carbonyl (C=O) groups excluding carboxylic acids is 1. The molecule has 8 heteroatoms. The van der Waals surface area contributed by atoms with E-state index in [1.807, 2.05) is 0 Å². The molecule has 0 bridgehead atoms. The Morgan fingerprint density at radius 1 is 1.23 bits per heavy atom. The van der Waals surface area contributed by atoms with Crippen LogP contribution in [-0.2, 0) is 15.8 Å². The molecule has 1 heterocycles. The van der Waals surface area contributed by atoms with Crippen molar-refractivity contribution in [3.63, 3.8) is 0 Å². The number of carbonyl (C=O) groups is 2. The van der Waals surface area contributed by atoms with E-state index in [4.69, 9.17) is 4.74 Å². The maximum Gasteiger partial charge on any atom is 0.419 e. The van der Waals surface area contributed by atoms with Crippen LogP contribution in [0.3, 0.4) is 0 Å². The van der Waals surface area contributed by atoms with E-state index in [1.165, 1.54) is 30.0 Å². The van der Waals surface area contributed by atoms with Crippen molar-refractivity contribution in [2.45, 2.75) is 32.0 Å². The average molecular weight is 371 g/mol. The first-order valence-electron chi connectivity index (χ1n) is 8.53. The van der Waals surface area contributed by atoms with Crippen LogP contribution >= 0.6 is 0 Å². The summed E-state index contributed by atoms with van der Waals surface area (Å²) < 4.78 is 44.4. The Kier molecular flexibility index (Phi) is 4.86. The Balaban J connectivity index is 1.70. The highest BCUT2D eigenvalue weighted by Crippen LogP contribution is 2.44. The fourth-order valence-electron chi connectivity index (χ4n) is 3.57. The van der Waals surface area contributed by atoms with Crippen LogP contribution in [0.2, 0.25) is 0 Å². The number of hydrogen-bond donors (Lipinski definition) is 1. The number of aliphatic carboxylic acids is 1. The first-order valence-corrected chi connectivity index (χ1v) is 8.53. The monoisotopic (exact) mass is 371 g/mol. The number of rotatable bonds is 5. The van der Waals surface area contributed by atoms with E-state index in [-0.39, 0.29) is 12.5 Å². The molecule has 0 spiro atoms. The number of alkyl halides is 3. The maximum atomic E-state index is 13.0. The lowest BCUT2D eigenvalue weighted by molar-refractivity contribution is -0.144. The number of ether oxygens (including phenoxy) is 1. The van der Waals surface area contributed by atoms with Gasteiger partial charge in [-0.1, -0.05) is 12.1 Å². The number of amides is 1. The van der Waals surface area contributed by atoms with Crippen LogP contribution in [0.25, 0.3) is 0 Å². The third kappa shape index (κ3) is 3.78. The molecule has 1 saturated heterocycles. The summed E-state index contributed by atoms with van der Waals surface area (Å²) in [7, 11) is 0. The van der Waals surface area contributed by atoms with Gasteiger partial charge in [0.05, 0.1) is 11.5 Å². The van der Waals surface area contributed by atoms with Crippen molar-refractivity contribution in [3.8, 4) is 5.75 Å². The van der Waals surface area contributed by atoms with E-state index in [0.717, 1.165) is 18.9 Å². The van der Waals surface area contributed by atoms with Gasteiger partial charge >= 0.3 is 12.1 Å². The second kappa shape index (κ2) is 6.81. The van der Waals surface area contributed by atoms with Crippen molar-refractivity contribution in [2.24, 2.45) is 17.8 Å². The summed E-state index contributed by atoms with van der Waals surface area (Å²) in [6.07, 6.45) is -3.80. The summed E-state index contributed by atoms with van der Waals surface area (Å²) in [6.45, 7) is 1.77. The lowest BCUT2D eigenvalue weighted by Gasteiger charge is -2.23. The summed E-state index contributed by atoms with van der Waals surface area (Å²) in [4.78, 5) is 25.4. The minimum atomic E-state index is -4.58. The Labute approximate surface area is 148 Å². The van der Waals surface area contributed by atoms with E-state index in [0.29, 0.717) is 12.5 Å². The zero-order valence-corrected chi connectivity index (χ0v) is 14.2. The molecule has 1 unspecified atom stereocenters. The van der Waals surface area contributed by atoms with E-state index in [1.54, 1.807) is 0 Å². The molecule has 3 atom stereocenters. The summed E-state index contributed by atoms with van der Waals surface area (Å²) in [5.41, 5.74) is -0.944. The van der Waals surface area contributed by atoms with E-state index < -0.39 is 41.4 Å². The van der Waals surface area contributed by atoms with Crippen LogP contribution in [0.15, 0.2) is 24.3 Å². The number of benzene rings is 1. The summed E-state index contributed by atoms with van der Waals surface area (Å²) in [5.74, 6) is -2.23. The van der Waals surface area contributed by atoms with Gasteiger partial charge < -0.3 is 14.7 Å². The van der Waals surface area contributed by atoms with Crippen LogP contribution < -0.4 is 4.74 Å². The lowest BCUT2D eigenvalue weighted by atomic mass is 9.92. The number of carboxylic acids is 1. The molecule has 1 amide bonds. The standard InChI is InChI=1S/C18H20F3NO4/c1-10(26-15-5-3-2-4-14(15)18(19,20)21)16(23)22-8-12(11-6-7-11)13(9-22)17(24)25/h2-5,10-13H,6-9H2,1H3,(H,24,25)/t10?,12-,13+/m1/s1. The fraction of sp³-hybridized carbons (Fsp3) is 0.556. The minimum absolute atomic E-state index is 0.0734. The number of carboxylic acid groups (broad SMARTS) is 1. The quantitative estimate of drug-likeness (QED) is 0.864. The summed E-state index contributed by atoms with van der Waals surface area (Å²) in [5, 5.41) is 9.37. The Morgan fingerprint density at radius 3 is 2.46 bits per heavy atom. The summed E-state index contributed by atoms with van der Waals surface area (Å²) >= 11 is 0. The number of likely N-dealkylation sites (tertiary alicyclic amines) is 1. The highest BCUT2D eigenvalue weighted by atomic mass is 19.4. The van der Waals surface area contributed by atoms with Crippen molar-refractivity contribution < 1.29 is 32.6 Å². The molecule has 5 nitrogen and oxygen atoms in total. The van der Waals surface area contributed by atoms with Crippen LogP contribution in [0.1, 0.15) is 25.3 Å². The normalized spacial score (nSPS) is 24.4. The predicted octanol–water partition coefficient (Wildman–Crippen LogP) is 3.04. The predicted molar refractivity (Wildman–Crippen MR) is 85.5 cm³/mol. The van der Waals surface area contributed by atoms with Crippen molar-refractivity contribution in [3.05, 3.63) is 29.8 Å². The molecule has 1 saturated carbocycles. The van der Waals surface area contributed by atoms with Crippen molar-refractivity contribution in [1.82, 2.24) is 4.90 Å². The molecule has 1 aliphatic carbocycles. The Bertz CT molecular complexity index is 702. The van der Waals surface area contributed by atoms with Gasteiger partial charge in [0.15, 0.2) is 6.10 Å². The molecule has 3 rings (SSSR count). The number of para-hydroxylation sites is 1. The molecule has 1 aromatic rings. The van der Waals surface area contributed by atoms with Gasteiger partial charge in [0.2, 0.25) is 0 Å². The van der Waals surface area contributed by atoms with Gasteiger partial charge in [0.1, 0.15) is 5.75 Å². The van der Waals surface area contributed by atoms with Crippen LogP contribution in [0.5, 0.6) is 5.75 Å². The van der Waals surface area contributed by atoms with E-state index in [2.05, 4.69) is 0 Å². The second-order valence-electron chi connectivity index (χ2n) is 6.94. The SMILES string of the molecule is CC(Oc1ccccc1C(F)(F)F)C(=O)N1C[C@H](C(=O)O)[C@@H](C2CC2)C1. The van der Waals surface area contributed by atoms with Crippen LogP contribution in [0, 0.1) is 17.8 Å². The Morgan fingerprint density at radius 2 is 1.88 bits per heavy atom. The molecule has 2 fully saturated rings. The fourth-order valence-corrected chi connectivity index (χ4v) is 3.57. The highest BCUT2D eigenvalue weighted by molar-refractivity contribution is 5.82. The molecular formula is C18H20F3NO4. The molecule has 142 valence electrons. The zero-order chi connectivity index (χ0) is 19.1. The zero-order valence-electron chi connectivity index (χ0n) is 14.2. The van der Waals surface area contributed by atoms with E-state index in [9.17, 15) is 27.9 Å². The first kappa shape index (κ1) is 18.5. The maximum absolute atomic E-state index is 13.0. The minimum Gasteiger partial charge on any atom is -0.481 e. The van der Waals surface area contributed by atoms with Gasteiger partial charge in [0.25, 0.3) is 5.91 Å². The second-order valence-corrected chi connectivity index (χ2v) is 6.94. The van der Waals surface area contributed by atoms with Gasteiger partial charge in [-0.2, -0.15) is 13.2 Å². The van der Waals surface area contributed by atoms with Crippen molar-refractivity contribution >= 4 is 11.9 Å². The molecule has 1 N–H and O–H groups in total. The van der Waals surface area contributed by atoms with E-state index >= 15 is 0 Å². The number of halogens is 3. The van der Waals surface area contributed by atoms with Crippen molar-refractivity contribution in [1.29, 1.82) is 0 Å². The van der Waals surface area contributed by atoms with Crippen molar-refractivity contribution in [2.75, 3.05) is 13.1 Å². The largest absolute Gasteiger partial charge is 0.481 e. The molecule has 26 heavy (non-hydrogen) atoms. The molecule has 2 aliphatic rings. The van der Waals surface area contributed by atoms with Gasteiger partial charge in [0, 0.05) is 13.1 Å².